The maximum Gasteiger partial charge on any atom is 0.394 e. The molecule has 11 heteroatoms. The SMILES string of the molecule is C/C=C(\C)Cl.C=C(CC)C(C)c1cc(-c2ccc(OC(C)(F)F)cc2)nn1Cc1ccc(C(=O)NCC(O)C(=O)O)cc1. The van der Waals surface area contributed by atoms with Gasteiger partial charge in [0.2, 0.25) is 0 Å². The number of hydrogen-bond donors (Lipinski definition) is 3. The van der Waals surface area contributed by atoms with Crippen molar-refractivity contribution in [2.24, 2.45) is 0 Å². The Kier molecular flexibility index (Phi) is 13.1. The third-order valence-electron chi connectivity index (χ3n) is 6.46. The average molecular weight is 618 g/mol. The Hall–Kier alpha value is -4.02. The summed E-state index contributed by atoms with van der Waals surface area (Å²) in [6.45, 7) is 12.7. The number of allylic oxidation sites excluding steroid dienone is 3. The van der Waals surface area contributed by atoms with Crippen LogP contribution in [0.5, 0.6) is 5.75 Å². The van der Waals surface area contributed by atoms with Crippen molar-refractivity contribution in [2.75, 3.05) is 6.54 Å². The van der Waals surface area contributed by atoms with E-state index in [9.17, 15) is 23.5 Å². The highest BCUT2D eigenvalue weighted by Crippen LogP contribution is 2.31. The minimum Gasteiger partial charge on any atom is -0.479 e. The number of halogens is 3. The molecule has 0 aliphatic heterocycles. The van der Waals surface area contributed by atoms with E-state index < -0.39 is 30.6 Å². The summed E-state index contributed by atoms with van der Waals surface area (Å²) in [5, 5.41) is 26.1. The van der Waals surface area contributed by atoms with Crippen LogP contribution in [0.25, 0.3) is 11.3 Å². The number of carboxylic acid groups (broad SMARTS) is 1. The molecule has 2 aromatic carbocycles. The lowest BCUT2D eigenvalue weighted by Gasteiger charge is -2.16. The molecule has 2 unspecified atom stereocenters. The molecule has 0 aliphatic rings. The number of aliphatic hydroxyl groups excluding tert-OH is 1. The van der Waals surface area contributed by atoms with Crippen molar-refractivity contribution in [3.8, 4) is 17.0 Å². The number of nitrogens with one attached hydrogen (secondary N) is 1. The molecule has 3 N–H and O–H groups in total. The van der Waals surface area contributed by atoms with Crippen molar-refractivity contribution in [1.82, 2.24) is 15.1 Å². The molecule has 232 valence electrons. The highest BCUT2D eigenvalue weighted by Gasteiger charge is 2.23. The molecule has 0 aliphatic carbocycles. The molecule has 0 bridgehead atoms. The smallest absolute Gasteiger partial charge is 0.394 e. The summed E-state index contributed by atoms with van der Waals surface area (Å²) in [6, 6.07) is 15.0. The fraction of sp³-hybridized carbons (Fsp3) is 0.344. The highest BCUT2D eigenvalue weighted by atomic mass is 35.5. The fourth-order valence-corrected chi connectivity index (χ4v) is 3.78. The Balaban J connectivity index is 0.00000119. The van der Waals surface area contributed by atoms with Crippen LogP contribution in [0.1, 0.15) is 68.6 Å². The van der Waals surface area contributed by atoms with E-state index in [1.54, 1.807) is 36.4 Å². The molecule has 1 heterocycles. The number of alkyl halides is 2. The van der Waals surface area contributed by atoms with Gasteiger partial charge >= 0.3 is 12.1 Å². The van der Waals surface area contributed by atoms with Gasteiger partial charge in [0.25, 0.3) is 5.91 Å². The Morgan fingerprint density at radius 2 is 1.77 bits per heavy atom. The number of carboxylic acids is 1. The topological polar surface area (TPSA) is 114 Å². The quantitative estimate of drug-likeness (QED) is 0.189. The number of aliphatic carboxylic acids is 1. The summed E-state index contributed by atoms with van der Waals surface area (Å²) >= 11 is 5.32. The van der Waals surface area contributed by atoms with Crippen LogP contribution >= 0.6 is 11.6 Å². The van der Waals surface area contributed by atoms with Crippen LogP contribution in [0, 0.1) is 0 Å². The standard InChI is InChI=1S/C28H31F2N3O5.C4H7Cl/c1-5-17(2)18(3)24-14-23(20-10-12-22(13-11-20)38-28(4,29)30)32-33(24)16-19-6-8-21(9-7-19)26(35)31-15-25(34)27(36)37;1-3-4(2)5/h6-14,18,25,34H,2,5,15-16H2,1,3-4H3,(H,31,35)(H,36,37);3H,1-2H3/b;4-3+. The maximum atomic E-state index is 13.2. The highest BCUT2D eigenvalue weighted by molar-refractivity contribution is 6.29. The zero-order chi connectivity index (χ0) is 32.3. The van der Waals surface area contributed by atoms with Crippen molar-refractivity contribution in [3.05, 3.63) is 94.7 Å². The Labute approximate surface area is 255 Å². The number of aromatic nitrogens is 2. The monoisotopic (exact) mass is 617 g/mol. The minimum absolute atomic E-state index is 0.00773. The van der Waals surface area contributed by atoms with Crippen molar-refractivity contribution >= 4 is 23.5 Å². The fourth-order valence-electron chi connectivity index (χ4n) is 3.78. The Morgan fingerprint density at radius 3 is 2.26 bits per heavy atom. The third-order valence-corrected chi connectivity index (χ3v) is 6.67. The molecule has 0 saturated carbocycles. The molecule has 43 heavy (non-hydrogen) atoms. The number of rotatable bonds is 12. The first kappa shape index (κ1) is 35.2. The minimum atomic E-state index is -3.28. The molecule has 0 fully saturated rings. The molecule has 2 atom stereocenters. The lowest BCUT2D eigenvalue weighted by atomic mass is 9.96. The van der Waals surface area contributed by atoms with Crippen LogP contribution < -0.4 is 10.1 Å². The number of aliphatic hydroxyl groups is 1. The van der Waals surface area contributed by atoms with Gasteiger partial charge in [-0.3, -0.25) is 9.48 Å². The Morgan fingerprint density at radius 1 is 1.19 bits per heavy atom. The summed E-state index contributed by atoms with van der Waals surface area (Å²) in [6.07, 6.45) is -2.31. The number of amides is 1. The Bertz CT molecular complexity index is 1410. The molecule has 0 radical (unpaired) electrons. The number of benzene rings is 2. The van der Waals surface area contributed by atoms with E-state index in [-0.39, 0.29) is 11.7 Å². The molecule has 1 amide bonds. The molecular weight excluding hydrogens is 580 g/mol. The van der Waals surface area contributed by atoms with Gasteiger partial charge in [0.1, 0.15) is 5.75 Å². The molecule has 8 nitrogen and oxygen atoms in total. The zero-order valence-electron chi connectivity index (χ0n) is 24.9. The third kappa shape index (κ3) is 11.3. The number of carbonyl (C=O) groups is 2. The number of ether oxygens (including phenoxy) is 1. The summed E-state index contributed by atoms with van der Waals surface area (Å²) in [7, 11) is 0. The summed E-state index contributed by atoms with van der Waals surface area (Å²) < 4.78 is 32.8. The summed E-state index contributed by atoms with van der Waals surface area (Å²) in [4.78, 5) is 23.0. The number of hydrogen-bond acceptors (Lipinski definition) is 5. The van der Waals surface area contributed by atoms with Crippen molar-refractivity contribution in [3.63, 3.8) is 0 Å². The first-order valence-electron chi connectivity index (χ1n) is 13.6. The molecule has 3 aromatic rings. The van der Waals surface area contributed by atoms with E-state index in [0.29, 0.717) is 24.7 Å². The van der Waals surface area contributed by atoms with Gasteiger partial charge in [-0.05, 0) is 68.3 Å². The largest absolute Gasteiger partial charge is 0.479 e. The van der Waals surface area contributed by atoms with Crippen LogP contribution in [-0.4, -0.2) is 50.6 Å². The summed E-state index contributed by atoms with van der Waals surface area (Å²) in [5.41, 5.74) is 4.55. The first-order valence-corrected chi connectivity index (χ1v) is 14.0. The van der Waals surface area contributed by atoms with Crippen LogP contribution in [0.2, 0.25) is 0 Å². The lowest BCUT2D eigenvalue weighted by Crippen LogP contribution is -2.36. The molecule has 0 saturated heterocycles. The second kappa shape index (κ2) is 16.0. The van der Waals surface area contributed by atoms with E-state index in [1.807, 2.05) is 44.5 Å². The van der Waals surface area contributed by atoms with Gasteiger partial charge in [0.05, 0.1) is 18.8 Å². The van der Waals surface area contributed by atoms with E-state index in [1.165, 1.54) is 12.1 Å². The van der Waals surface area contributed by atoms with E-state index in [2.05, 4.69) is 16.6 Å². The van der Waals surface area contributed by atoms with Gasteiger partial charge in [-0.15, -0.1) is 0 Å². The van der Waals surface area contributed by atoms with Crippen molar-refractivity contribution in [1.29, 1.82) is 0 Å². The first-order chi connectivity index (χ1) is 20.1. The second-order valence-corrected chi connectivity index (χ2v) is 10.5. The van der Waals surface area contributed by atoms with Gasteiger partial charge in [-0.25, -0.2) is 4.79 Å². The second-order valence-electron chi connectivity index (χ2n) is 9.92. The average Bonchev–Trinajstić information content (AvgIpc) is 3.38. The van der Waals surface area contributed by atoms with Gasteiger partial charge in [-0.1, -0.05) is 55.8 Å². The number of carbonyl (C=O) groups excluding carboxylic acids is 1. The van der Waals surface area contributed by atoms with Gasteiger partial charge in [0, 0.05) is 34.7 Å². The van der Waals surface area contributed by atoms with Crippen LogP contribution in [-0.2, 0) is 11.3 Å². The zero-order valence-corrected chi connectivity index (χ0v) is 25.7. The van der Waals surface area contributed by atoms with E-state index in [0.717, 1.165) is 33.8 Å². The predicted octanol–water partition coefficient (Wildman–Crippen LogP) is 6.98. The van der Waals surface area contributed by atoms with Crippen molar-refractivity contribution < 1.29 is 33.3 Å². The van der Waals surface area contributed by atoms with Gasteiger partial charge in [0.15, 0.2) is 6.10 Å². The molecule has 3 rings (SSSR count). The van der Waals surface area contributed by atoms with Crippen LogP contribution in [0.3, 0.4) is 0 Å². The van der Waals surface area contributed by atoms with E-state index >= 15 is 0 Å². The molecule has 0 spiro atoms. The van der Waals surface area contributed by atoms with Gasteiger partial charge in [-0.2, -0.15) is 13.9 Å². The van der Waals surface area contributed by atoms with Crippen LogP contribution in [0.4, 0.5) is 8.78 Å². The normalized spacial score (nSPS) is 12.9. The summed E-state index contributed by atoms with van der Waals surface area (Å²) in [5.74, 6) is -1.86. The number of nitrogens with zero attached hydrogens (tertiary/aromatic N) is 2. The maximum absolute atomic E-state index is 13.2. The molecular formula is C32H38ClF2N3O5. The lowest BCUT2D eigenvalue weighted by molar-refractivity contribution is -0.159. The predicted molar refractivity (Wildman–Crippen MR) is 164 cm³/mol. The molecule has 1 aromatic heterocycles. The van der Waals surface area contributed by atoms with Gasteiger partial charge < -0.3 is 20.3 Å². The van der Waals surface area contributed by atoms with Crippen molar-refractivity contribution in [2.45, 2.75) is 65.7 Å². The van der Waals surface area contributed by atoms with Crippen LogP contribution in [0.15, 0.2) is 77.9 Å². The van der Waals surface area contributed by atoms with E-state index in [4.69, 9.17) is 21.8 Å².